The molecule has 0 aliphatic heterocycles. The molecule has 0 aliphatic rings. The minimum atomic E-state index is -1.21. The van der Waals surface area contributed by atoms with Crippen molar-refractivity contribution < 1.29 is 19.5 Å². The molecule has 9 heteroatoms. The van der Waals surface area contributed by atoms with E-state index in [2.05, 4.69) is 15.6 Å². The number of thiazole rings is 1. The monoisotopic (exact) mass is 300 g/mol. The largest absolute Gasteiger partial charge is 0.480 e. The van der Waals surface area contributed by atoms with Crippen molar-refractivity contribution in [2.24, 2.45) is 5.73 Å². The number of nitrogens with zero attached hydrogens (tertiary/aromatic N) is 1. The van der Waals surface area contributed by atoms with E-state index < -0.39 is 23.9 Å². The van der Waals surface area contributed by atoms with E-state index in [-0.39, 0.29) is 12.8 Å². The number of carboxylic acid groups (broad SMARTS) is 1. The molecule has 0 saturated heterocycles. The number of aromatic nitrogens is 1. The van der Waals surface area contributed by atoms with Crippen molar-refractivity contribution in [3.8, 4) is 0 Å². The van der Waals surface area contributed by atoms with E-state index >= 15 is 0 Å². The summed E-state index contributed by atoms with van der Waals surface area (Å²) in [5.41, 5.74) is 7.49. The van der Waals surface area contributed by atoms with Crippen LogP contribution in [-0.4, -0.2) is 40.6 Å². The molecular formula is C11H16N4O4S. The third-order valence-electron chi connectivity index (χ3n) is 2.43. The van der Waals surface area contributed by atoms with Gasteiger partial charge in [-0.2, -0.15) is 0 Å². The molecule has 5 N–H and O–H groups in total. The number of urea groups is 1. The molecule has 0 aliphatic carbocycles. The van der Waals surface area contributed by atoms with Gasteiger partial charge in [0, 0.05) is 24.8 Å². The Morgan fingerprint density at radius 1 is 1.45 bits per heavy atom. The highest BCUT2D eigenvalue weighted by Crippen LogP contribution is 2.01. The summed E-state index contributed by atoms with van der Waals surface area (Å²) in [6.07, 6.45) is 0.427. The van der Waals surface area contributed by atoms with Gasteiger partial charge in [-0.05, 0) is 6.42 Å². The maximum Gasteiger partial charge on any atom is 0.326 e. The predicted octanol–water partition coefficient (Wildman–Crippen LogP) is -0.297. The normalized spacial score (nSPS) is 11.6. The van der Waals surface area contributed by atoms with Gasteiger partial charge in [0.25, 0.3) is 0 Å². The van der Waals surface area contributed by atoms with Crippen LogP contribution >= 0.6 is 11.3 Å². The Morgan fingerprint density at radius 2 is 2.20 bits per heavy atom. The zero-order valence-electron chi connectivity index (χ0n) is 10.7. The number of carboxylic acids is 1. The van der Waals surface area contributed by atoms with Gasteiger partial charge in [0.2, 0.25) is 5.91 Å². The summed E-state index contributed by atoms with van der Waals surface area (Å²) in [6.45, 7) is 0.345. The van der Waals surface area contributed by atoms with Crippen LogP contribution < -0.4 is 16.4 Å². The molecule has 0 spiro atoms. The molecular weight excluding hydrogens is 284 g/mol. The molecule has 1 aromatic heterocycles. The van der Waals surface area contributed by atoms with Crippen LogP contribution in [0.4, 0.5) is 4.79 Å². The van der Waals surface area contributed by atoms with Crippen LogP contribution in [0.3, 0.4) is 0 Å². The smallest absolute Gasteiger partial charge is 0.326 e. The number of nitrogens with two attached hydrogens (primary N) is 1. The number of hydrogen-bond acceptors (Lipinski definition) is 5. The highest BCUT2D eigenvalue weighted by molar-refractivity contribution is 7.07. The quantitative estimate of drug-likeness (QED) is 0.523. The Balaban J connectivity index is 2.30. The first-order valence-electron chi connectivity index (χ1n) is 5.91. The standard InChI is InChI=1S/C11H16N4O4S/c12-9(16)2-1-8(10(17)18)15-11(19)13-4-3-7-5-20-6-14-7/h5-6,8H,1-4H2,(H2,12,16)(H,17,18)(H2,13,15,19). The van der Waals surface area contributed by atoms with Crippen molar-refractivity contribution in [2.45, 2.75) is 25.3 Å². The third-order valence-corrected chi connectivity index (χ3v) is 3.07. The van der Waals surface area contributed by atoms with Gasteiger partial charge in [-0.3, -0.25) is 4.79 Å². The second-order valence-electron chi connectivity index (χ2n) is 4.03. The first-order chi connectivity index (χ1) is 9.49. The van der Waals surface area contributed by atoms with E-state index in [4.69, 9.17) is 10.8 Å². The van der Waals surface area contributed by atoms with Gasteiger partial charge in [-0.15, -0.1) is 11.3 Å². The molecule has 1 heterocycles. The molecule has 1 unspecified atom stereocenters. The second kappa shape index (κ2) is 8.10. The number of amides is 3. The van der Waals surface area contributed by atoms with Crippen LogP contribution in [0.1, 0.15) is 18.5 Å². The Kier molecular flexibility index (Phi) is 6.44. The summed E-state index contributed by atoms with van der Waals surface area (Å²) >= 11 is 1.46. The van der Waals surface area contributed by atoms with Gasteiger partial charge in [0.1, 0.15) is 6.04 Å². The molecule has 0 saturated carbocycles. The number of carbonyl (C=O) groups excluding carboxylic acids is 2. The van der Waals surface area contributed by atoms with Crippen LogP contribution in [0, 0.1) is 0 Å². The van der Waals surface area contributed by atoms with Crippen LogP contribution in [-0.2, 0) is 16.0 Å². The minimum Gasteiger partial charge on any atom is -0.480 e. The predicted molar refractivity (Wildman–Crippen MR) is 72.2 cm³/mol. The van der Waals surface area contributed by atoms with Gasteiger partial charge in [-0.1, -0.05) is 0 Å². The van der Waals surface area contributed by atoms with E-state index in [0.29, 0.717) is 13.0 Å². The lowest BCUT2D eigenvalue weighted by molar-refractivity contribution is -0.139. The van der Waals surface area contributed by atoms with E-state index in [1.165, 1.54) is 11.3 Å². The molecule has 8 nitrogen and oxygen atoms in total. The minimum absolute atomic E-state index is 0.0375. The average Bonchev–Trinajstić information content (AvgIpc) is 2.87. The number of rotatable bonds is 8. The van der Waals surface area contributed by atoms with E-state index in [9.17, 15) is 14.4 Å². The fourth-order valence-electron chi connectivity index (χ4n) is 1.42. The van der Waals surface area contributed by atoms with Crippen molar-refractivity contribution in [3.05, 3.63) is 16.6 Å². The molecule has 1 rings (SSSR count). The number of carbonyl (C=O) groups is 3. The summed E-state index contributed by atoms with van der Waals surface area (Å²) in [5.74, 6) is -1.82. The lowest BCUT2D eigenvalue weighted by Gasteiger charge is -2.14. The molecule has 20 heavy (non-hydrogen) atoms. The molecule has 0 radical (unpaired) electrons. The number of primary amides is 1. The molecule has 0 aromatic carbocycles. The van der Waals surface area contributed by atoms with Crippen molar-refractivity contribution in [1.82, 2.24) is 15.6 Å². The van der Waals surface area contributed by atoms with Crippen LogP contribution in [0.5, 0.6) is 0 Å². The van der Waals surface area contributed by atoms with Gasteiger partial charge in [0.15, 0.2) is 0 Å². The maximum absolute atomic E-state index is 11.5. The van der Waals surface area contributed by atoms with Crippen LogP contribution in [0.15, 0.2) is 10.9 Å². The molecule has 110 valence electrons. The van der Waals surface area contributed by atoms with Gasteiger partial charge in [0.05, 0.1) is 11.2 Å². The number of nitrogens with one attached hydrogen (secondary N) is 2. The molecule has 1 atom stereocenters. The van der Waals surface area contributed by atoms with Gasteiger partial charge < -0.3 is 21.5 Å². The summed E-state index contributed by atoms with van der Waals surface area (Å²) in [6, 6.07) is -1.74. The molecule has 0 bridgehead atoms. The number of aliphatic carboxylic acids is 1. The summed E-state index contributed by atoms with van der Waals surface area (Å²) < 4.78 is 0. The Morgan fingerprint density at radius 3 is 2.75 bits per heavy atom. The molecule has 0 fully saturated rings. The summed E-state index contributed by atoms with van der Waals surface area (Å²) in [4.78, 5) is 37.1. The van der Waals surface area contributed by atoms with Crippen molar-refractivity contribution in [2.75, 3.05) is 6.54 Å². The van der Waals surface area contributed by atoms with E-state index in [1.54, 1.807) is 5.51 Å². The fourth-order valence-corrected chi connectivity index (χ4v) is 2.01. The Bertz CT molecular complexity index is 463. The maximum atomic E-state index is 11.5. The zero-order chi connectivity index (χ0) is 15.0. The first-order valence-corrected chi connectivity index (χ1v) is 6.86. The molecule has 1 aromatic rings. The SMILES string of the molecule is NC(=O)CCC(NC(=O)NCCc1cscn1)C(=O)O. The van der Waals surface area contributed by atoms with Crippen molar-refractivity contribution in [3.63, 3.8) is 0 Å². The van der Waals surface area contributed by atoms with Gasteiger partial charge in [-0.25, -0.2) is 14.6 Å². The van der Waals surface area contributed by atoms with E-state index in [1.807, 2.05) is 5.38 Å². The fraction of sp³-hybridized carbons (Fsp3) is 0.455. The van der Waals surface area contributed by atoms with Crippen LogP contribution in [0.25, 0.3) is 0 Å². The summed E-state index contributed by atoms with van der Waals surface area (Å²) in [5, 5.41) is 15.6. The highest BCUT2D eigenvalue weighted by atomic mass is 32.1. The average molecular weight is 300 g/mol. The highest BCUT2D eigenvalue weighted by Gasteiger charge is 2.20. The van der Waals surface area contributed by atoms with Gasteiger partial charge >= 0.3 is 12.0 Å². The van der Waals surface area contributed by atoms with E-state index in [0.717, 1.165) is 5.69 Å². The first kappa shape index (κ1) is 15.9. The van der Waals surface area contributed by atoms with Crippen molar-refractivity contribution >= 4 is 29.2 Å². The lowest BCUT2D eigenvalue weighted by atomic mass is 10.1. The van der Waals surface area contributed by atoms with Crippen LogP contribution in [0.2, 0.25) is 0 Å². The second-order valence-corrected chi connectivity index (χ2v) is 4.74. The Hall–Kier alpha value is -2.16. The number of hydrogen-bond donors (Lipinski definition) is 4. The summed E-state index contributed by atoms with van der Waals surface area (Å²) in [7, 11) is 0. The third kappa shape index (κ3) is 6.14. The zero-order valence-corrected chi connectivity index (χ0v) is 11.5. The lowest BCUT2D eigenvalue weighted by Crippen LogP contribution is -2.46. The molecule has 3 amide bonds. The Labute approximate surface area is 119 Å². The van der Waals surface area contributed by atoms with Crippen molar-refractivity contribution in [1.29, 1.82) is 0 Å². The topological polar surface area (TPSA) is 134 Å².